The third kappa shape index (κ3) is 4.19. The maximum absolute atomic E-state index is 12.8. The van der Waals surface area contributed by atoms with E-state index >= 15 is 0 Å². The standard InChI is InChI=1S/C18H19N3O6S/c1-13-2-7-16(28(25,26)20-8-10-27-11-9-20)12-17(13)18(22)19-14-3-5-15(6-4-14)21(23)24/h2-7,12H,8-11H2,1H3,(H,19,22). The van der Waals surface area contributed by atoms with Gasteiger partial charge in [-0.25, -0.2) is 8.42 Å². The van der Waals surface area contributed by atoms with Gasteiger partial charge in [-0.15, -0.1) is 0 Å². The van der Waals surface area contributed by atoms with Crippen molar-refractivity contribution in [3.8, 4) is 0 Å². The third-order valence-electron chi connectivity index (χ3n) is 4.40. The van der Waals surface area contributed by atoms with Crippen LogP contribution in [0.15, 0.2) is 47.4 Å². The van der Waals surface area contributed by atoms with Crippen molar-refractivity contribution in [1.29, 1.82) is 0 Å². The minimum atomic E-state index is -3.72. The van der Waals surface area contributed by atoms with Crippen molar-refractivity contribution in [3.63, 3.8) is 0 Å². The number of sulfonamides is 1. The molecule has 2 aromatic carbocycles. The van der Waals surface area contributed by atoms with E-state index in [1.165, 1.54) is 40.7 Å². The summed E-state index contributed by atoms with van der Waals surface area (Å²) < 4.78 is 32.1. The fraction of sp³-hybridized carbons (Fsp3) is 0.278. The van der Waals surface area contributed by atoms with Gasteiger partial charge in [0.2, 0.25) is 10.0 Å². The van der Waals surface area contributed by atoms with Crippen LogP contribution in [0.25, 0.3) is 0 Å². The molecule has 1 saturated heterocycles. The van der Waals surface area contributed by atoms with Gasteiger partial charge in [0.05, 0.1) is 23.0 Å². The van der Waals surface area contributed by atoms with Gasteiger partial charge in [-0.1, -0.05) is 6.07 Å². The highest BCUT2D eigenvalue weighted by molar-refractivity contribution is 7.89. The number of carbonyl (C=O) groups is 1. The molecule has 0 aromatic heterocycles. The summed E-state index contributed by atoms with van der Waals surface area (Å²) in [5.41, 5.74) is 1.11. The Balaban J connectivity index is 1.84. The van der Waals surface area contributed by atoms with E-state index in [0.717, 1.165) is 0 Å². The van der Waals surface area contributed by atoms with E-state index in [1.807, 2.05) is 0 Å². The highest BCUT2D eigenvalue weighted by atomic mass is 32.2. The first-order chi connectivity index (χ1) is 13.3. The molecular weight excluding hydrogens is 386 g/mol. The largest absolute Gasteiger partial charge is 0.379 e. The van der Waals surface area contributed by atoms with Crippen LogP contribution in [0.4, 0.5) is 11.4 Å². The highest BCUT2D eigenvalue weighted by Crippen LogP contribution is 2.22. The molecule has 28 heavy (non-hydrogen) atoms. The Hall–Kier alpha value is -2.82. The van der Waals surface area contributed by atoms with Crippen LogP contribution in [0.3, 0.4) is 0 Å². The number of hydrogen-bond donors (Lipinski definition) is 1. The molecule has 10 heteroatoms. The van der Waals surface area contributed by atoms with Crippen LogP contribution in [0.2, 0.25) is 0 Å². The number of anilines is 1. The Morgan fingerprint density at radius 3 is 2.39 bits per heavy atom. The molecule has 9 nitrogen and oxygen atoms in total. The molecule has 148 valence electrons. The topological polar surface area (TPSA) is 119 Å². The first-order valence-corrected chi connectivity index (χ1v) is 9.97. The highest BCUT2D eigenvalue weighted by Gasteiger charge is 2.27. The number of nitro benzene ring substituents is 1. The summed E-state index contributed by atoms with van der Waals surface area (Å²) in [7, 11) is -3.72. The summed E-state index contributed by atoms with van der Waals surface area (Å²) in [5, 5.41) is 13.3. The first kappa shape index (κ1) is 19.9. The summed E-state index contributed by atoms with van der Waals surface area (Å²) in [6.45, 7) is 2.90. The Bertz CT molecular complexity index is 998. The van der Waals surface area contributed by atoms with Crippen LogP contribution >= 0.6 is 0 Å². The molecule has 2 aromatic rings. The Morgan fingerprint density at radius 2 is 1.79 bits per heavy atom. The Kier molecular flexibility index (Phi) is 5.73. The zero-order chi connectivity index (χ0) is 20.3. The summed E-state index contributed by atoms with van der Waals surface area (Å²) >= 11 is 0. The van der Waals surface area contributed by atoms with E-state index in [0.29, 0.717) is 24.5 Å². The Morgan fingerprint density at radius 1 is 1.14 bits per heavy atom. The van der Waals surface area contributed by atoms with Crippen molar-refractivity contribution in [1.82, 2.24) is 4.31 Å². The van der Waals surface area contributed by atoms with E-state index in [1.54, 1.807) is 13.0 Å². The minimum Gasteiger partial charge on any atom is -0.379 e. The molecule has 0 bridgehead atoms. The summed E-state index contributed by atoms with van der Waals surface area (Å²) in [6, 6.07) is 9.80. The SMILES string of the molecule is Cc1ccc(S(=O)(=O)N2CCOCC2)cc1C(=O)Nc1ccc([N+](=O)[O-])cc1. The van der Waals surface area contributed by atoms with E-state index < -0.39 is 20.9 Å². The number of non-ortho nitro benzene ring substituents is 1. The minimum absolute atomic E-state index is 0.0360. The average molecular weight is 405 g/mol. The quantitative estimate of drug-likeness (QED) is 0.601. The predicted octanol–water partition coefficient (Wildman–Crippen LogP) is 2.18. The van der Waals surface area contributed by atoms with Crippen molar-refractivity contribution < 1.29 is 22.9 Å². The molecule has 0 atom stereocenters. The zero-order valence-electron chi connectivity index (χ0n) is 15.1. The second-order valence-electron chi connectivity index (χ2n) is 6.25. The number of nitrogens with one attached hydrogen (secondary N) is 1. The lowest BCUT2D eigenvalue weighted by Crippen LogP contribution is -2.40. The fourth-order valence-corrected chi connectivity index (χ4v) is 4.24. The Labute approximate surface area is 162 Å². The molecule has 0 saturated carbocycles. The van der Waals surface area contributed by atoms with Crippen LogP contribution in [0.1, 0.15) is 15.9 Å². The van der Waals surface area contributed by atoms with E-state index in [4.69, 9.17) is 4.74 Å². The maximum Gasteiger partial charge on any atom is 0.269 e. The van der Waals surface area contributed by atoms with Crippen LogP contribution in [-0.4, -0.2) is 49.9 Å². The molecule has 1 amide bonds. The van der Waals surface area contributed by atoms with Crippen molar-refractivity contribution in [2.24, 2.45) is 0 Å². The molecule has 0 aliphatic carbocycles. The molecule has 0 radical (unpaired) electrons. The lowest BCUT2D eigenvalue weighted by atomic mass is 10.1. The normalized spacial score (nSPS) is 15.2. The third-order valence-corrected chi connectivity index (χ3v) is 6.29. The van der Waals surface area contributed by atoms with E-state index in [-0.39, 0.29) is 29.2 Å². The van der Waals surface area contributed by atoms with Gasteiger partial charge in [-0.3, -0.25) is 14.9 Å². The van der Waals surface area contributed by atoms with Crippen molar-refractivity contribution in [2.75, 3.05) is 31.6 Å². The van der Waals surface area contributed by atoms with Crippen LogP contribution < -0.4 is 5.32 Å². The van der Waals surface area contributed by atoms with Crippen molar-refractivity contribution in [3.05, 3.63) is 63.7 Å². The van der Waals surface area contributed by atoms with Gasteiger partial charge in [-0.05, 0) is 36.8 Å². The van der Waals surface area contributed by atoms with Crippen molar-refractivity contribution >= 4 is 27.3 Å². The number of hydrogen-bond acceptors (Lipinski definition) is 6. The number of aryl methyl sites for hydroxylation is 1. The number of carbonyl (C=O) groups excluding carboxylic acids is 1. The summed E-state index contributed by atoms with van der Waals surface area (Å²) in [5.74, 6) is -0.495. The van der Waals surface area contributed by atoms with Crippen LogP contribution in [0.5, 0.6) is 0 Å². The molecule has 0 unspecified atom stereocenters. The van der Waals surface area contributed by atoms with Gasteiger partial charge < -0.3 is 10.1 Å². The van der Waals surface area contributed by atoms with Crippen LogP contribution in [0, 0.1) is 17.0 Å². The first-order valence-electron chi connectivity index (χ1n) is 8.53. The number of amides is 1. The molecule has 1 fully saturated rings. The van der Waals surface area contributed by atoms with Gasteiger partial charge >= 0.3 is 0 Å². The number of ether oxygens (including phenoxy) is 1. The average Bonchev–Trinajstić information content (AvgIpc) is 2.69. The van der Waals surface area contributed by atoms with Gasteiger partial charge in [0.15, 0.2) is 0 Å². The van der Waals surface area contributed by atoms with Gasteiger partial charge in [-0.2, -0.15) is 4.31 Å². The number of nitrogens with zero attached hydrogens (tertiary/aromatic N) is 2. The lowest BCUT2D eigenvalue weighted by Gasteiger charge is -2.26. The van der Waals surface area contributed by atoms with Gasteiger partial charge in [0, 0.05) is 36.5 Å². The van der Waals surface area contributed by atoms with Gasteiger partial charge in [0.25, 0.3) is 11.6 Å². The zero-order valence-corrected chi connectivity index (χ0v) is 15.9. The molecule has 1 aliphatic heterocycles. The maximum atomic E-state index is 12.8. The van der Waals surface area contributed by atoms with Crippen LogP contribution in [-0.2, 0) is 14.8 Å². The summed E-state index contributed by atoms with van der Waals surface area (Å²) in [6.07, 6.45) is 0. The molecule has 0 spiro atoms. The number of rotatable bonds is 5. The number of morpholine rings is 1. The molecular formula is C18H19N3O6S. The molecule has 1 heterocycles. The summed E-state index contributed by atoms with van der Waals surface area (Å²) in [4.78, 5) is 22.9. The monoisotopic (exact) mass is 405 g/mol. The van der Waals surface area contributed by atoms with Gasteiger partial charge in [0.1, 0.15) is 0 Å². The smallest absolute Gasteiger partial charge is 0.269 e. The fourth-order valence-electron chi connectivity index (χ4n) is 2.81. The molecule has 3 rings (SSSR count). The second-order valence-corrected chi connectivity index (χ2v) is 8.19. The van der Waals surface area contributed by atoms with E-state index in [9.17, 15) is 23.3 Å². The molecule has 1 aliphatic rings. The molecule has 1 N–H and O–H groups in total. The number of nitro groups is 1. The van der Waals surface area contributed by atoms with E-state index in [2.05, 4.69) is 5.32 Å². The second kappa shape index (κ2) is 8.05. The van der Waals surface area contributed by atoms with Crippen molar-refractivity contribution in [2.45, 2.75) is 11.8 Å². The lowest BCUT2D eigenvalue weighted by molar-refractivity contribution is -0.384. The number of benzene rings is 2. The predicted molar refractivity (Wildman–Crippen MR) is 102 cm³/mol.